The Labute approximate surface area is 202 Å². The molecule has 0 amide bonds. The molecule has 0 aliphatic carbocycles. The highest BCUT2D eigenvalue weighted by Gasteiger charge is 2.41. The SMILES string of the molecule is Cc1ccc([Si](c2ccc(C(=O)O)cc2)(c2ccc(C(=O)O)cc2)c2ccc(C(=O)O)cc2)cc1. The van der Waals surface area contributed by atoms with E-state index in [1.807, 2.05) is 31.2 Å². The first kappa shape index (κ1) is 23.7. The number of carboxylic acids is 3. The van der Waals surface area contributed by atoms with Gasteiger partial charge in [-0.15, -0.1) is 0 Å². The molecule has 0 heterocycles. The summed E-state index contributed by atoms with van der Waals surface area (Å²) >= 11 is 0. The molecule has 4 rings (SSSR count). The number of aryl methyl sites for hydroxylation is 1. The van der Waals surface area contributed by atoms with Crippen LogP contribution in [-0.4, -0.2) is 41.3 Å². The molecule has 7 heteroatoms. The van der Waals surface area contributed by atoms with Gasteiger partial charge in [-0.05, 0) is 64.1 Å². The lowest BCUT2D eigenvalue weighted by Gasteiger charge is -2.34. The molecule has 0 saturated heterocycles. The maximum atomic E-state index is 11.5. The third-order valence-electron chi connectivity index (χ3n) is 6.18. The van der Waals surface area contributed by atoms with Crippen molar-refractivity contribution in [2.24, 2.45) is 0 Å². The van der Waals surface area contributed by atoms with Crippen molar-refractivity contribution in [1.82, 2.24) is 0 Å². The zero-order valence-electron chi connectivity index (χ0n) is 18.8. The van der Waals surface area contributed by atoms with E-state index >= 15 is 0 Å². The van der Waals surface area contributed by atoms with Gasteiger partial charge >= 0.3 is 17.9 Å². The van der Waals surface area contributed by atoms with Crippen LogP contribution in [-0.2, 0) is 0 Å². The van der Waals surface area contributed by atoms with E-state index in [0.717, 1.165) is 26.3 Å². The van der Waals surface area contributed by atoms with E-state index in [-0.39, 0.29) is 16.7 Å². The minimum Gasteiger partial charge on any atom is -0.478 e. The summed E-state index contributed by atoms with van der Waals surface area (Å²) in [6, 6.07) is 28.2. The highest BCUT2D eigenvalue weighted by atomic mass is 28.3. The summed E-state index contributed by atoms with van der Waals surface area (Å²) in [5.74, 6) is -3.10. The summed E-state index contributed by atoms with van der Waals surface area (Å²) < 4.78 is 0. The van der Waals surface area contributed by atoms with Crippen LogP contribution in [0.1, 0.15) is 36.6 Å². The number of rotatable bonds is 7. The molecule has 0 aromatic heterocycles. The summed E-state index contributed by atoms with van der Waals surface area (Å²) in [6.07, 6.45) is 0. The van der Waals surface area contributed by atoms with Gasteiger partial charge in [0.1, 0.15) is 0 Å². The van der Waals surface area contributed by atoms with Gasteiger partial charge in [0.25, 0.3) is 0 Å². The number of hydrogen-bond acceptors (Lipinski definition) is 3. The average Bonchev–Trinajstić information content (AvgIpc) is 2.86. The van der Waals surface area contributed by atoms with Gasteiger partial charge in [0.2, 0.25) is 0 Å². The van der Waals surface area contributed by atoms with Crippen LogP contribution in [0.3, 0.4) is 0 Å². The first-order chi connectivity index (χ1) is 16.7. The maximum Gasteiger partial charge on any atom is 0.335 e. The summed E-state index contributed by atoms with van der Waals surface area (Å²) in [5, 5.41) is 31.9. The second kappa shape index (κ2) is 9.40. The fraction of sp³-hybridized carbons (Fsp3) is 0.0357. The van der Waals surface area contributed by atoms with Gasteiger partial charge < -0.3 is 15.3 Å². The molecule has 35 heavy (non-hydrogen) atoms. The summed E-state index contributed by atoms with van der Waals surface area (Å²) in [6.45, 7) is 1.98. The molecule has 174 valence electrons. The Bertz CT molecular complexity index is 1250. The molecule has 3 N–H and O–H groups in total. The smallest absolute Gasteiger partial charge is 0.335 e. The van der Waals surface area contributed by atoms with E-state index in [4.69, 9.17) is 0 Å². The number of benzene rings is 4. The van der Waals surface area contributed by atoms with Crippen molar-refractivity contribution in [3.05, 3.63) is 119 Å². The molecule has 0 aliphatic rings. The van der Waals surface area contributed by atoms with Gasteiger partial charge in [-0.25, -0.2) is 14.4 Å². The average molecular weight is 483 g/mol. The van der Waals surface area contributed by atoms with E-state index in [9.17, 15) is 29.7 Å². The van der Waals surface area contributed by atoms with Gasteiger partial charge in [-0.3, -0.25) is 0 Å². The first-order valence-corrected chi connectivity index (χ1v) is 12.8. The third-order valence-corrected chi connectivity index (χ3v) is 11.0. The van der Waals surface area contributed by atoms with Crippen molar-refractivity contribution < 1.29 is 29.7 Å². The zero-order chi connectivity index (χ0) is 25.2. The van der Waals surface area contributed by atoms with Crippen molar-refractivity contribution >= 4 is 46.7 Å². The third kappa shape index (κ3) is 4.37. The Morgan fingerprint density at radius 1 is 0.457 bits per heavy atom. The molecule has 0 radical (unpaired) electrons. The van der Waals surface area contributed by atoms with Crippen LogP contribution in [0.5, 0.6) is 0 Å². The van der Waals surface area contributed by atoms with Crippen molar-refractivity contribution in [2.75, 3.05) is 0 Å². The summed E-state index contributed by atoms with van der Waals surface area (Å²) in [4.78, 5) is 34.5. The standard InChI is InChI=1S/C28H22O6Si/c1-18-2-10-22(11-3-18)35(23-12-4-19(5-13-23)26(29)30,24-14-6-20(7-15-24)27(31)32)25-16-8-21(9-17-25)28(33)34/h2-17H,1H3,(H,29,30)(H,31,32)(H,33,34). The lowest BCUT2D eigenvalue weighted by atomic mass is 10.2. The Balaban J connectivity index is 2.08. The molecular weight excluding hydrogens is 460 g/mol. The topological polar surface area (TPSA) is 112 Å². The summed E-state index contributed by atoms with van der Waals surface area (Å²) in [7, 11) is -3.07. The predicted molar refractivity (Wildman–Crippen MR) is 136 cm³/mol. The van der Waals surface area contributed by atoms with Crippen LogP contribution in [0.2, 0.25) is 0 Å². The van der Waals surface area contributed by atoms with Gasteiger partial charge in [-0.2, -0.15) is 0 Å². The number of aromatic carboxylic acids is 3. The number of carboxylic acid groups (broad SMARTS) is 3. The van der Waals surface area contributed by atoms with Crippen molar-refractivity contribution in [2.45, 2.75) is 6.92 Å². The van der Waals surface area contributed by atoms with Crippen LogP contribution in [0.4, 0.5) is 0 Å². The molecule has 0 unspecified atom stereocenters. The highest BCUT2D eigenvalue weighted by molar-refractivity contribution is 7.19. The van der Waals surface area contributed by atoms with E-state index in [1.165, 1.54) is 0 Å². The second-order valence-electron chi connectivity index (χ2n) is 8.26. The molecule has 0 saturated carbocycles. The molecule has 4 aromatic rings. The van der Waals surface area contributed by atoms with Crippen LogP contribution in [0.25, 0.3) is 0 Å². The minimum atomic E-state index is -3.07. The molecule has 4 aromatic carbocycles. The Morgan fingerprint density at radius 3 is 0.914 bits per heavy atom. The predicted octanol–water partition coefficient (Wildman–Crippen LogP) is 2.47. The van der Waals surface area contributed by atoms with Crippen LogP contribution >= 0.6 is 0 Å². The summed E-state index contributed by atoms with van der Waals surface area (Å²) in [5.41, 5.74) is 1.54. The first-order valence-electron chi connectivity index (χ1n) is 10.8. The molecule has 0 atom stereocenters. The Kier molecular flexibility index (Phi) is 6.35. The maximum absolute atomic E-state index is 11.5. The second-order valence-corrected chi connectivity index (χ2v) is 12.1. The highest BCUT2D eigenvalue weighted by Crippen LogP contribution is 2.13. The Hall–Kier alpha value is -4.49. The van der Waals surface area contributed by atoms with Gasteiger partial charge in [0.05, 0.1) is 16.7 Å². The number of hydrogen-bond donors (Lipinski definition) is 3. The van der Waals surface area contributed by atoms with Crippen LogP contribution in [0, 0.1) is 6.92 Å². The van der Waals surface area contributed by atoms with Crippen LogP contribution in [0.15, 0.2) is 97.1 Å². The van der Waals surface area contributed by atoms with Crippen molar-refractivity contribution in [1.29, 1.82) is 0 Å². The van der Waals surface area contributed by atoms with E-state index in [1.54, 1.807) is 72.8 Å². The van der Waals surface area contributed by atoms with Crippen molar-refractivity contribution in [3.63, 3.8) is 0 Å². The van der Waals surface area contributed by atoms with Crippen LogP contribution < -0.4 is 20.7 Å². The molecule has 0 aliphatic heterocycles. The monoisotopic (exact) mass is 482 g/mol. The zero-order valence-corrected chi connectivity index (χ0v) is 19.8. The van der Waals surface area contributed by atoms with Gasteiger partial charge in [0, 0.05) is 0 Å². The molecule has 6 nitrogen and oxygen atoms in total. The van der Waals surface area contributed by atoms with Crippen molar-refractivity contribution in [3.8, 4) is 0 Å². The lowest BCUT2D eigenvalue weighted by Crippen LogP contribution is -2.74. The number of carbonyl (C=O) groups is 3. The fourth-order valence-electron chi connectivity index (χ4n) is 4.39. The lowest BCUT2D eigenvalue weighted by molar-refractivity contribution is 0.0686. The largest absolute Gasteiger partial charge is 0.478 e. The van der Waals surface area contributed by atoms with Gasteiger partial charge in [-0.1, -0.05) is 66.2 Å². The molecule has 0 fully saturated rings. The fourth-order valence-corrected chi connectivity index (χ4v) is 9.06. The molecular formula is C28H22O6Si. The van der Waals surface area contributed by atoms with E-state index in [2.05, 4.69) is 0 Å². The van der Waals surface area contributed by atoms with E-state index < -0.39 is 26.0 Å². The molecule has 0 bridgehead atoms. The molecule has 0 spiro atoms. The quantitative estimate of drug-likeness (QED) is 0.276. The Morgan fingerprint density at radius 2 is 0.686 bits per heavy atom. The van der Waals surface area contributed by atoms with E-state index in [0.29, 0.717) is 0 Å². The van der Waals surface area contributed by atoms with Gasteiger partial charge in [0.15, 0.2) is 8.07 Å². The normalized spacial score (nSPS) is 11.1. The minimum absolute atomic E-state index is 0.156.